The molecule has 2 aromatic rings. The Bertz CT molecular complexity index is 561. The maximum atomic E-state index is 11.7. The predicted octanol–water partition coefficient (Wildman–Crippen LogP) is 2.27. The Labute approximate surface area is 142 Å². The van der Waals surface area contributed by atoms with E-state index in [0.29, 0.717) is 11.1 Å². The molecule has 0 aromatic heterocycles. The number of hydrogen-bond donors (Lipinski definition) is 2. The molecule has 2 aromatic carbocycles. The first kappa shape index (κ1) is 18.1. The lowest BCUT2D eigenvalue weighted by atomic mass is 9.86. The van der Waals surface area contributed by atoms with E-state index in [9.17, 15) is 9.90 Å². The van der Waals surface area contributed by atoms with Crippen LogP contribution in [0.25, 0.3) is 0 Å². The summed E-state index contributed by atoms with van der Waals surface area (Å²) in [5.41, 5.74) is -0.250. The molecule has 0 saturated carbocycles. The first-order valence-corrected chi connectivity index (χ1v) is 7.90. The second-order valence-electron chi connectivity index (χ2n) is 5.28. The van der Waals surface area contributed by atoms with Crippen molar-refractivity contribution >= 4 is 5.97 Å². The van der Waals surface area contributed by atoms with Gasteiger partial charge in [-0.3, -0.25) is 0 Å². The fraction of sp³-hybridized carbons (Fsp3) is 0.316. The molecule has 0 aliphatic carbocycles. The van der Waals surface area contributed by atoms with E-state index in [1.807, 2.05) is 12.1 Å². The van der Waals surface area contributed by atoms with Gasteiger partial charge in [0.15, 0.2) is 0 Å². The summed E-state index contributed by atoms with van der Waals surface area (Å²) in [4.78, 5) is 11.7. The van der Waals surface area contributed by atoms with Crippen molar-refractivity contribution in [3.8, 4) is 0 Å². The van der Waals surface area contributed by atoms with Gasteiger partial charge in [-0.25, -0.2) is 4.79 Å². The van der Waals surface area contributed by atoms with Gasteiger partial charge in [0.2, 0.25) is 5.60 Å². The van der Waals surface area contributed by atoms with Crippen molar-refractivity contribution < 1.29 is 19.4 Å². The van der Waals surface area contributed by atoms with Crippen LogP contribution >= 0.6 is 0 Å². The zero-order chi connectivity index (χ0) is 17.3. The van der Waals surface area contributed by atoms with Gasteiger partial charge in [-0.15, -0.1) is 0 Å². The van der Waals surface area contributed by atoms with Gasteiger partial charge in [0, 0.05) is 20.2 Å². The summed E-state index contributed by atoms with van der Waals surface area (Å²) < 4.78 is 10.4. The Kier molecular flexibility index (Phi) is 6.93. The molecule has 1 aliphatic heterocycles. The molecule has 5 heteroatoms. The van der Waals surface area contributed by atoms with Crippen LogP contribution in [0.5, 0.6) is 0 Å². The molecule has 5 nitrogen and oxygen atoms in total. The number of carboxylic acids is 1. The number of ether oxygens (including phenoxy) is 2. The van der Waals surface area contributed by atoms with Gasteiger partial charge in [-0.1, -0.05) is 60.7 Å². The molecule has 2 N–H and O–H groups in total. The van der Waals surface area contributed by atoms with E-state index in [0.717, 1.165) is 26.3 Å². The van der Waals surface area contributed by atoms with E-state index in [2.05, 4.69) is 5.32 Å². The molecule has 0 amide bonds. The monoisotopic (exact) mass is 329 g/mol. The zero-order valence-electron chi connectivity index (χ0n) is 13.8. The SMILES string of the molecule is C1COCCN1.COC(C(=O)O)(c1ccccc1)c1ccccc1. The van der Waals surface area contributed by atoms with Gasteiger partial charge >= 0.3 is 5.97 Å². The third-order valence-electron chi connectivity index (χ3n) is 3.81. The van der Waals surface area contributed by atoms with Crippen LogP contribution in [0.3, 0.4) is 0 Å². The third-order valence-corrected chi connectivity index (χ3v) is 3.81. The van der Waals surface area contributed by atoms with E-state index in [1.165, 1.54) is 7.11 Å². The fourth-order valence-electron chi connectivity index (χ4n) is 2.60. The van der Waals surface area contributed by atoms with Crippen molar-refractivity contribution in [2.45, 2.75) is 5.60 Å². The van der Waals surface area contributed by atoms with Gasteiger partial charge in [0.25, 0.3) is 0 Å². The highest BCUT2D eigenvalue weighted by Gasteiger charge is 2.42. The summed E-state index contributed by atoms with van der Waals surface area (Å²) in [6.07, 6.45) is 0. The standard InChI is InChI=1S/C15H14O3.C4H9NO/c1-18-15(14(16)17,12-8-4-2-5-9-12)13-10-6-3-7-11-13;1-3-6-4-2-5-1/h2-11H,1H3,(H,16,17);5H,1-4H2. The molecule has 3 rings (SSSR count). The van der Waals surface area contributed by atoms with Crippen LogP contribution < -0.4 is 5.32 Å². The average molecular weight is 329 g/mol. The van der Waals surface area contributed by atoms with Crippen molar-refractivity contribution in [3.63, 3.8) is 0 Å². The van der Waals surface area contributed by atoms with Crippen molar-refractivity contribution in [2.75, 3.05) is 33.4 Å². The van der Waals surface area contributed by atoms with Crippen molar-refractivity contribution in [1.82, 2.24) is 5.32 Å². The Morgan fingerprint density at radius 3 is 1.71 bits per heavy atom. The number of aliphatic carboxylic acids is 1. The van der Waals surface area contributed by atoms with E-state index in [1.54, 1.807) is 48.5 Å². The van der Waals surface area contributed by atoms with E-state index >= 15 is 0 Å². The first-order valence-electron chi connectivity index (χ1n) is 7.90. The van der Waals surface area contributed by atoms with Gasteiger partial charge in [-0.2, -0.15) is 0 Å². The lowest BCUT2D eigenvalue weighted by Gasteiger charge is -2.28. The van der Waals surface area contributed by atoms with Gasteiger partial charge < -0.3 is 19.9 Å². The minimum atomic E-state index is -1.46. The van der Waals surface area contributed by atoms with E-state index < -0.39 is 11.6 Å². The predicted molar refractivity (Wildman–Crippen MR) is 92.0 cm³/mol. The lowest BCUT2D eigenvalue weighted by molar-refractivity contribution is -0.158. The summed E-state index contributed by atoms with van der Waals surface area (Å²) >= 11 is 0. The molecule has 1 fully saturated rings. The number of carboxylic acid groups (broad SMARTS) is 1. The third kappa shape index (κ3) is 4.20. The smallest absolute Gasteiger partial charge is 0.345 e. The van der Waals surface area contributed by atoms with Crippen LogP contribution in [0.1, 0.15) is 11.1 Å². The fourth-order valence-corrected chi connectivity index (χ4v) is 2.60. The lowest BCUT2D eigenvalue weighted by Crippen LogP contribution is -2.38. The molecular formula is C19H23NO4. The van der Waals surface area contributed by atoms with Crippen molar-refractivity contribution in [3.05, 3.63) is 71.8 Å². The van der Waals surface area contributed by atoms with Crippen LogP contribution in [-0.4, -0.2) is 44.5 Å². The highest BCUT2D eigenvalue weighted by molar-refractivity contribution is 5.84. The minimum absolute atomic E-state index is 0.603. The van der Waals surface area contributed by atoms with Crippen LogP contribution in [0.15, 0.2) is 60.7 Å². The number of methoxy groups -OCH3 is 1. The number of benzene rings is 2. The molecule has 1 heterocycles. The molecule has 0 bridgehead atoms. The summed E-state index contributed by atoms with van der Waals surface area (Å²) in [6, 6.07) is 17.9. The molecule has 0 atom stereocenters. The Balaban J connectivity index is 0.000000292. The quantitative estimate of drug-likeness (QED) is 0.901. The van der Waals surface area contributed by atoms with Gasteiger partial charge in [0.1, 0.15) is 0 Å². The highest BCUT2D eigenvalue weighted by Crippen LogP contribution is 2.33. The zero-order valence-corrected chi connectivity index (χ0v) is 13.8. The molecule has 128 valence electrons. The second kappa shape index (κ2) is 9.17. The molecule has 1 aliphatic rings. The Morgan fingerprint density at radius 2 is 1.46 bits per heavy atom. The van der Waals surface area contributed by atoms with Crippen molar-refractivity contribution in [1.29, 1.82) is 0 Å². The minimum Gasteiger partial charge on any atom is -0.479 e. The molecule has 0 spiro atoms. The summed E-state index contributed by atoms with van der Waals surface area (Å²) in [5, 5.41) is 12.8. The summed E-state index contributed by atoms with van der Waals surface area (Å²) in [6.45, 7) is 3.83. The van der Waals surface area contributed by atoms with Crippen LogP contribution in [-0.2, 0) is 19.9 Å². The maximum absolute atomic E-state index is 11.7. The van der Waals surface area contributed by atoms with E-state index in [-0.39, 0.29) is 0 Å². The average Bonchev–Trinajstić information content (AvgIpc) is 2.66. The van der Waals surface area contributed by atoms with Crippen LogP contribution in [0, 0.1) is 0 Å². The topological polar surface area (TPSA) is 67.8 Å². The summed E-state index contributed by atoms with van der Waals surface area (Å²) in [7, 11) is 1.41. The molecular weight excluding hydrogens is 306 g/mol. The Morgan fingerprint density at radius 1 is 1.00 bits per heavy atom. The number of rotatable bonds is 4. The molecule has 1 saturated heterocycles. The highest BCUT2D eigenvalue weighted by atomic mass is 16.5. The first-order chi connectivity index (χ1) is 11.7. The molecule has 24 heavy (non-hydrogen) atoms. The second-order valence-corrected chi connectivity index (χ2v) is 5.28. The summed E-state index contributed by atoms with van der Waals surface area (Å²) in [5.74, 6) is -1.03. The van der Waals surface area contributed by atoms with Crippen LogP contribution in [0.4, 0.5) is 0 Å². The van der Waals surface area contributed by atoms with Crippen LogP contribution in [0.2, 0.25) is 0 Å². The largest absolute Gasteiger partial charge is 0.479 e. The van der Waals surface area contributed by atoms with E-state index in [4.69, 9.17) is 9.47 Å². The molecule has 0 radical (unpaired) electrons. The maximum Gasteiger partial charge on any atom is 0.345 e. The normalized spacial score (nSPS) is 14.4. The number of carbonyl (C=O) groups is 1. The number of nitrogens with one attached hydrogen (secondary N) is 1. The van der Waals surface area contributed by atoms with Gasteiger partial charge in [-0.05, 0) is 11.1 Å². The Hall–Kier alpha value is -2.21. The van der Waals surface area contributed by atoms with Crippen molar-refractivity contribution in [2.24, 2.45) is 0 Å². The number of hydrogen-bond acceptors (Lipinski definition) is 4. The molecule has 0 unspecified atom stereocenters. The van der Waals surface area contributed by atoms with Gasteiger partial charge in [0.05, 0.1) is 13.2 Å². The number of morpholine rings is 1.